The molecule has 31 heavy (non-hydrogen) atoms. The molecule has 9 heteroatoms. The van der Waals surface area contributed by atoms with E-state index in [1.807, 2.05) is 64.2 Å². The number of hydrogen-bond donors (Lipinski definition) is 2. The highest BCUT2D eigenvalue weighted by Gasteiger charge is 2.19. The fraction of sp³-hybridized carbons (Fsp3) is 0.273. The Morgan fingerprint density at radius 3 is 2.58 bits per heavy atom. The van der Waals surface area contributed by atoms with Crippen LogP contribution in [0.3, 0.4) is 0 Å². The Bertz CT molecular complexity index is 1120. The molecule has 7 nitrogen and oxygen atoms in total. The lowest BCUT2D eigenvalue weighted by atomic mass is 10.1. The smallest absolute Gasteiger partial charge is 0.252 e. The van der Waals surface area contributed by atoms with Crippen molar-refractivity contribution in [1.29, 1.82) is 0 Å². The van der Waals surface area contributed by atoms with Gasteiger partial charge in [-0.2, -0.15) is 0 Å². The number of amides is 2. The first-order valence-electron chi connectivity index (χ1n) is 9.71. The highest BCUT2D eigenvalue weighted by Crippen LogP contribution is 2.22. The monoisotopic (exact) mass is 501 g/mol. The Morgan fingerprint density at radius 1 is 1.13 bits per heavy atom. The maximum Gasteiger partial charge on any atom is 0.252 e. The zero-order valence-electron chi connectivity index (χ0n) is 17.8. The van der Waals surface area contributed by atoms with Gasteiger partial charge in [0.05, 0.1) is 11.8 Å². The molecular weight excluding hydrogens is 478 g/mol. The van der Waals surface area contributed by atoms with Crippen LogP contribution in [0.25, 0.3) is 0 Å². The van der Waals surface area contributed by atoms with E-state index < -0.39 is 0 Å². The van der Waals surface area contributed by atoms with Gasteiger partial charge in [0.15, 0.2) is 11.0 Å². The standard InChI is InChI=1S/C22H24BrN5O2S/c1-13-7-5-6-8-17(13)21(30)24-15(3)20-26-27-22(28(20)4)31-12-19(29)25-18-10-9-16(23)11-14(18)2/h5-11,15H,12H2,1-4H3,(H,24,30)(H,25,29)/t15-/m1/s1. The molecule has 2 N–H and O–H groups in total. The minimum Gasteiger partial charge on any atom is -0.342 e. The van der Waals surface area contributed by atoms with Crippen molar-refractivity contribution >= 4 is 45.2 Å². The van der Waals surface area contributed by atoms with Crippen LogP contribution in [0.2, 0.25) is 0 Å². The number of carbonyl (C=O) groups is 2. The second-order valence-electron chi connectivity index (χ2n) is 7.21. The van der Waals surface area contributed by atoms with Crippen LogP contribution >= 0.6 is 27.7 Å². The van der Waals surface area contributed by atoms with Crippen LogP contribution in [-0.4, -0.2) is 32.3 Å². The summed E-state index contributed by atoms with van der Waals surface area (Å²) >= 11 is 4.71. The van der Waals surface area contributed by atoms with Gasteiger partial charge in [-0.15, -0.1) is 10.2 Å². The van der Waals surface area contributed by atoms with E-state index >= 15 is 0 Å². The first-order chi connectivity index (χ1) is 14.8. The summed E-state index contributed by atoms with van der Waals surface area (Å²) in [4.78, 5) is 24.9. The van der Waals surface area contributed by atoms with Gasteiger partial charge in [-0.05, 0) is 56.2 Å². The average Bonchev–Trinajstić information content (AvgIpc) is 3.09. The second-order valence-corrected chi connectivity index (χ2v) is 9.06. The molecular formula is C22H24BrN5O2S. The lowest BCUT2D eigenvalue weighted by Crippen LogP contribution is -2.29. The Morgan fingerprint density at radius 2 is 1.87 bits per heavy atom. The number of hydrogen-bond acceptors (Lipinski definition) is 5. The lowest BCUT2D eigenvalue weighted by Gasteiger charge is -2.14. The van der Waals surface area contributed by atoms with Crippen LogP contribution in [0.15, 0.2) is 52.1 Å². The number of thioether (sulfide) groups is 1. The molecule has 1 heterocycles. The van der Waals surface area contributed by atoms with E-state index in [0.29, 0.717) is 16.5 Å². The molecule has 0 aliphatic heterocycles. The van der Waals surface area contributed by atoms with Crippen LogP contribution in [0.1, 0.15) is 40.3 Å². The number of carbonyl (C=O) groups excluding carboxylic acids is 2. The molecule has 2 amide bonds. The first-order valence-corrected chi connectivity index (χ1v) is 11.5. The van der Waals surface area contributed by atoms with Crippen molar-refractivity contribution in [3.05, 3.63) is 69.5 Å². The van der Waals surface area contributed by atoms with Gasteiger partial charge < -0.3 is 15.2 Å². The Balaban J connectivity index is 1.59. The molecule has 0 saturated heterocycles. The summed E-state index contributed by atoms with van der Waals surface area (Å²) < 4.78 is 2.76. The number of nitrogens with one attached hydrogen (secondary N) is 2. The zero-order valence-corrected chi connectivity index (χ0v) is 20.2. The van der Waals surface area contributed by atoms with Crippen LogP contribution < -0.4 is 10.6 Å². The van der Waals surface area contributed by atoms with Crippen LogP contribution in [0.5, 0.6) is 0 Å². The van der Waals surface area contributed by atoms with E-state index in [-0.39, 0.29) is 23.6 Å². The van der Waals surface area contributed by atoms with Gasteiger partial charge in [-0.25, -0.2) is 0 Å². The predicted octanol–water partition coefficient (Wildman–Crippen LogP) is 4.42. The van der Waals surface area contributed by atoms with E-state index in [1.54, 1.807) is 10.6 Å². The third-order valence-electron chi connectivity index (χ3n) is 4.79. The molecule has 0 bridgehead atoms. The second kappa shape index (κ2) is 10.1. The van der Waals surface area contributed by atoms with Gasteiger partial charge in [-0.1, -0.05) is 45.9 Å². The Kier molecular flexibility index (Phi) is 7.50. The van der Waals surface area contributed by atoms with Crippen molar-refractivity contribution in [2.24, 2.45) is 7.05 Å². The molecule has 3 rings (SSSR count). The maximum atomic E-state index is 12.6. The van der Waals surface area contributed by atoms with Crippen LogP contribution in [0, 0.1) is 13.8 Å². The number of anilines is 1. The van der Waals surface area contributed by atoms with Crippen molar-refractivity contribution < 1.29 is 9.59 Å². The van der Waals surface area contributed by atoms with E-state index in [1.165, 1.54) is 11.8 Å². The minimum atomic E-state index is -0.335. The van der Waals surface area contributed by atoms with E-state index in [0.717, 1.165) is 21.3 Å². The van der Waals surface area contributed by atoms with Crippen molar-refractivity contribution in [2.45, 2.75) is 32.0 Å². The number of aromatic nitrogens is 3. The number of rotatable bonds is 7. The van der Waals surface area contributed by atoms with E-state index in [2.05, 4.69) is 36.8 Å². The molecule has 0 saturated carbocycles. The quantitative estimate of drug-likeness (QED) is 0.467. The molecule has 0 unspecified atom stereocenters. The molecule has 0 fully saturated rings. The number of nitrogens with zero attached hydrogens (tertiary/aromatic N) is 3. The maximum absolute atomic E-state index is 12.6. The van der Waals surface area contributed by atoms with Crippen molar-refractivity contribution in [3.8, 4) is 0 Å². The molecule has 0 radical (unpaired) electrons. The number of halogens is 1. The zero-order chi connectivity index (χ0) is 22.5. The van der Waals surface area contributed by atoms with Gasteiger partial charge in [0.2, 0.25) is 5.91 Å². The highest BCUT2D eigenvalue weighted by atomic mass is 79.9. The Labute approximate surface area is 194 Å². The fourth-order valence-electron chi connectivity index (χ4n) is 3.08. The normalized spacial score (nSPS) is 11.8. The molecule has 1 aromatic heterocycles. The molecule has 0 spiro atoms. The van der Waals surface area contributed by atoms with Gasteiger partial charge in [0.25, 0.3) is 5.91 Å². The SMILES string of the molecule is Cc1cc(Br)ccc1NC(=O)CSc1nnc([C@@H](C)NC(=O)c2ccccc2C)n1C. The molecule has 0 aliphatic carbocycles. The summed E-state index contributed by atoms with van der Waals surface area (Å²) in [6.45, 7) is 5.70. The Hall–Kier alpha value is -2.65. The third kappa shape index (κ3) is 5.74. The number of benzene rings is 2. The largest absolute Gasteiger partial charge is 0.342 e. The summed E-state index contributed by atoms with van der Waals surface area (Å²) in [6.07, 6.45) is 0. The van der Waals surface area contributed by atoms with Gasteiger partial charge in [0, 0.05) is 22.8 Å². The summed E-state index contributed by atoms with van der Waals surface area (Å²) in [5.41, 5.74) is 3.30. The van der Waals surface area contributed by atoms with Crippen LogP contribution in [-0.2, 0) is 11.8 Å². The molecule has 2 aromatic carbocycles. The fourth-order valence-corrected chi connectivity index (χ4v) is 4.27. The van der Waals surface area contributed by atoms with Crippen molar-refractivity contribution in [2.75, 3.05) is 11.1 Å². The van der Waals surface area contributed by atoms with Crippen molar-refractivity contribution in [3.63, 3.8) is 0 Å². The first kappa shape index (κ1) is 23.0. The third-order valence-corrected chi connectivity index (χ3v) is 6.30. The summed E-state index contributed by atoms with van der Waals surface area (Å²) in [7, 11) is 1.82. The van der Waals surface area contributed by atoms with E-state index in [9.17, 15) is 9.59 Å². The van der Waals surface area contributed by atoms with Crippen LogP contribution in [0.4, 0.5) is 5.69 Å². The topological polar surface area (TPSA) is 88.9 Å². The summed E-state index contributed by atoms with van der Waals surface area (Å²) in [6, 6.07) is 12.8. The summed E-state index contributed by atoms with van der Waals surface area (Å²) in [5.74, 6) is 0.535. The lowest BCUT2D eigenvalue weighted by molar-refractivity contribution is -0.113. The average molecular weight is 502 g/mol. The van der Waals surface area contributed by atoms with Gasteiger partial charge in [-0.3, -0.25) is 9.59 Å². The predicted molar refractivity (Wildman–Crippen MR) is 126 cm³/mol. The van der Waals surface area contributed by atoms with Gasteiger partial charge in [0.1, 0.15) is 0 Å². The molecule has 3 aromatic rings. The highest BCUT2D eigenvalue weighted by molar-refractivity contribution is 9.10. The molecule has 162 valence electrons. The molecule has 0 aliphatic rings. The van der Waals surface area contributed by atoms with Gasteiger partial charge >= 0.3 is 0 Å². The number of aryl methyl sites for hydroxylation is 2. The minimum absolute atomic E-state index is 0.124. The summed E-state index contributed by atoms with van der Waals surface area (Å²) in [5, 5.41) is 14.9. The van der Waals surface area contributed by atoms with E-state index in [4.69, 9.17) is 0 Å². The van der Waals surface area contributed by atoms with Crippen molar-refractivity contribution in [1.82, 2.24) is 20.1 Å². The molecule has 1 atom stereocenters.